The first-order valence-electron chi connectivity index (χ1n) is 6.22. The van der Waals surface area contributed by atoms with Crippen LogP contribution in [0.5, 0.6) is 5.75 Å². The molecule has 9 heteroatoms. The first-order valence-corrected chi connectivity index (χ1v) is 9.27. The van der Waals surface area contributed by atoms with Crippen LogP contribution in [0, 0.1) is 0 Å². The van der Waals surface area contributed by atoms with Gasteiger partial charge in [0.05, 0.1) is 16.0 Å². The van der Waals surface area contributed by atoms with Crippen LogP contribution >= 0.6 is 27.3 Å². The van der Waals surface area contributed by atoms with Crippen LogP contribution in [-0.4, -0.2) is 27.0 Å². The number of nitrogens with zero attached hydrogens (tertiary/aromatic N) is 1. The summed E-state index contributed by atoms with van der Waals surface area (Å²) in [5, 5.41) is 0. The van der Waals surface area contributed by atoms with Gasteiger partial charge >= 0.3 is 0 Å². The second-order valence-corrected chi connectivity index (χ2v) is 9.12. The van der Waals surface area contributed by atoms with Crippen molar-refractivity contribution in [2.45, 2.75) is 10.3 Å². The Labute approximate surface area is 139 Å². The number of rotatable bonds is 3. The van der Waals surface area contributed by atoms with E-state index in [0.717, 1.165) is 11.3 Å². The van der Waals surface area contributed by atoms with E-state index >= 15 is 0 Å². The molecule has 1 atom stereocenters. The van der Waals surface area contributed by atoms with E-state index in [-0.39, 0.29) is 10.8 Å². The highest BCUT2D eigenvalue weighted by Crippen LogP contribution is 2.38. The fourth-order valence-corrected chi connectivity index (χ4v) is 5.72. The molecule has 2 N–H and O–H groups in total. The van der Waals surface area contributed by atoms with Gasteiger partial charge in [0.2, 0.25) is 0 Å². The average molecular weight is 403 g/mol. The zero-order chi connectivity index (χ0) is 15.9. The molecule has 1 aromatic heterocycles. The Hall–Kier alpha value is -1.58. The van der Waals surface area contributed by atoms with Crippen molar-refractivity contribution < 1.29 is 17.9 Å². The van der Waals surface area contributed by atoms with Crippen molar-refractivity contribution in [1.29, 1.82) is 0 Å². The van der Waals surface area contributed by atoms with Crippen LogP contribution in [0.25, 0.3) is 0 Å². The van der Waals surface area contributed by atoms with E-state index in [0.29, 0.717) is 15.2 Å². The monoisotopic (exact) mass is 402 g/mol. The Kier molecular flexibility index (Phi) is 3.87. The maximum Gasteiger partial charge on any atom is 0.274 e. The molecule has 116 valence electrons. The minimum absolute atomic E-state index is 0.149. The van der Waals surface area contributed by atoms with Gasteiger partial charge in [0.15, 0.2) is 6.10 Å². The molecule has 0 saturated heterocycles. The second kappa shape index (κ2) is 5.56. The van der Waals surface area contributed by atoms with E-state index in [9.17, 15) is 13.2 Å². The summed E-state index contributed by atoms with van der Waals surface area (Å²) < 4.78 is 33.2. The number of amides is 1. The smallest absolute Gasteiger partial charge is 0.274 e. The van der Waals surface area contributed by atoms with Crippen LogP contribution in [0.3, 0.4) is 0 Å². The molecule has 2 aromatic rings. The molecule has 22 heavy (non-hydrogen) atoms. The van der Waals surface area contributed by atoms with E-state index in [4.69, 9.17) is 10.5 Å². The molecule has 1 aromatic carbocycles. The number of nitrogens with two attached hydrogens (primary N) is 1. The van der Waals surface area contributed by atoms with Gasteiger partial charge in [0, 0.05) is 0 Å². The highest BCUT2D eigenvalue weighted by atomic mass is 79.9. The van der Waals surface area contributed by atoms with Crippen LogP contribution in [0.2, 0.25) is 0 Å². The van der Waals surface area contributed by atoms with Gasteiger partial charge in [0.25, 0.3) is 15.9 Å². The third-order valence-corrected chi connectivity index (χ3v) is 7.02. The fraction of sp³-hybridized carbons (Fsp3) is 0.154. The Balaban J connectivity index is 2.10. The first-order chi connectivity index (χ1) is 10.4. The molecule has 6 nitrogen and oxygen atoms in total. The lowest BCUT2D eigenvalue weighted by atomic mass is 10.2. The number of thiophene rings is 1. The highest BCUT2D eigenvalue weighted by Gasteiger charge is 2.37. The number of benzene rings is 1. The summed E-state index contributed by atoms with van der Waals surface area (Å²) in [4.78, 5) is 11.4. The molecule has 0 fully saturated rings. The SMILES string of the molecule is NC(=O)[C@H]1CN(S(=O)(=O)c2ccc(Br)s2)c2ccccc2O1. The highest BCUT2D eigenvalue weighted by molar-refractivity contribution is 9.11. The number of hydrogen-bond acceptors (Lipinski definition) is 5. The van der Waals surface area contributed by atoms with Gasteiger partial charge < -0.3 is 10.5 Å². The van der Waals surface area contributed by atoms with Gasteiger partial charge in [-0.3, -0.25) is 9.10 Å². The molecule has 0 saturated carbocycles. The Morgan fingerprint density at radius 2 is 2.05 bits per heavy atom. The minimum Gasteiger partial charge on any atom is -0.476 e. The number of halogens is 1. The Morgan fingerprint density at radius 3 is 2.68 bits per heavy atom. The van der Waals surface area contributed by atoms with Crippen molar-refractivity contribution in [2.24, 2.45) is 5.73 Å². The normalized spacial score (nSPS) is 17.7. The molecule has 0 aliphatic carbocycles. The summed E-state index contributed by atoms with van der Waals surface area (Å²) >= 11 is 4.35. The van der Waals surface area contributed by atoms with Gasteiger partial charge in [0.1, 0.15) is 9.96 Å². The molecule has 0 unspecified atom stereocenters. The van der Waals surface area contributed by atoms with Crippen LogP contribution in [0.15, 0.2) is 44.4 Å². The van der Waals surface area contributed by atoms with Crippen LogP contribution < -0.4 is 14.8 Å². The number of anilines is 1. The van der Waals surface area contributed by atoms with Gasteiger partial charge in [-0.1, -0.05) is 12.1 Å². The predicted molar refractivity (Wildman–Crippen MR) is 86.6 cm³/mol. The number of carbonyl (C=O) groups is 1. The lowest BCUT2D eigenvalue weighted by molar-refractivity contribution is -0.124. The van der Waals surface area contributed by atoms with Crippen molar-refractivity contribution in [2.75, 3.05) is 10.8 Å². The molecule has 0 spiro atoms. The van der Waals surface area contributed by atoms with Crippen LogP contribution in [0.1, 0.15) is 0 Å². The summed E-state index contributed by atoms with van der Waals surface area (Å²) in [7, 11) is -3.79. The predicted octanol–water partition coefficient (Wildman–Crippen LogP) is 1.95. The Morgan fingerprint density at radius 1 is 1.32 bits per heavy atom. The summed E-state index contributed by atoms with van der Waals surface area (Å²) in [5.41, 5.74) is 5.68. The molecule has 1 aliphatic rings. The van der Waals surface area contributed by atoms with E-state index in [1.807, 2.05) is 0 Å². The molecule has 1 aliphatic heterocycles. The van der Waals surface area contributed by atoms with Crippen molar-refractivity contribution in [3.05, 3.63) is 40.2 Å². The fourth-order valence-electron chi connectivity index (χ4n) is 2.12. The van der Waals surface area contributed by atoms with Gasteiger partial charge in [-0.2, -0.15) is 0 Å². The molecule has 1 amide bonds. The summed E-state index contributed by atoms with van der Waals surface area (Å²) in [5.74, 6) is -0.390. The molecular formula is C13H11BrN2O4S2. The molecule has 3 rings (SSSR count). The van der Waals surface area contributed by atoms with E-state index in [1.165, 1.54) is 10.4 Å². The summed E-state index contributed by atoms with van der Waals surface area (Å²) in [6.07, 6.45) is -1.02. The maximum atomic E-state index is 12.8. The number of para-hydroxylation sites is 2. The third-order valence-electron chi connectivity index (χ3n) is 3.15. The van der Waals surface area contributed by atoms with E-state index in [1.54, 1.807) is 30.3 Å². The molecular weight excluding hydrogens is 392 g/mol. The molecule has 2 heterocycles. The standard InChI is InChI=1S/C13H11BrN2O4S2/c14-11-5-6-12(21-11)22(18,19)16-7-10(13(15)17)20-9-4-2-1-3-8(9)16/h1-6,10H,7H2,(H2,15,17)/t10-/m1/s1. The number of primary amides is 1. The zero-order valence-electron chi connectivity index (χ0n) is 11.1. The lowest BCUT2D eigenvalue weighted by Crippen LogP contribution is -2.49. The average Bonchev–Trinajstić information content (AvgIpc) is 2.93. The van der Waals surface area contributed by atoms with Crippen molar-refractivity contribution in [1.82, 2.24) is 0 Å². The number of carbonyl (C=O) groups excluding carboxylic acids is 1. The third kappa shape index (κ3) is 2.59. The molecule has 0 radical (unpaired) electrons. The lowest BCUT2D eigenvalue weighted by Gasteiger charge is -2.33. The maximum absolute atomic E-state index is 12.8. The largest absolute Gasteiger partial charge is 0.476 e. The number of sulfonamides is 1. The van der Waals surface area contributed by atoms with Crippen LogP contribution in [0.4, 0.5) is 5.69 Å². The number of ether oxygens (including phenoxy) is 1. The minimum atomic E-state index is -3.79. The van der Waals surface area contributed by atoms with Gasteiger partial charge in [-0.05, 0) is 40.2 Å². The van der Waals surface area contributed by atoms with Crippen molar-refractivity contribution >= 4 is 48.9 Å². The van der Waals surface area contributed by atoms with E-state index < -0.39 is 22.0 Å². The van der Waals surface area contributed by atoms with Gasteiger partial charge in [-0.25, -0.2) is 8.42 Å². The van der Waals surface area contributed by atoms with Crippen molar-refractivity contribution in [3.63, 3.8) is 0 Å². The Bertz CT molecular complexity index is 834. The molecule has 0 bridgehead atoms. The van der Waals surface area contributed by atoms with E-state index in [2.05, 4.69) is 15.9 Å². The quantitative estimate of drug-likeness (QED) is 0.849. The zero-order valence-corrected chi connectivity index (χ0v) is 14.3. The van der Waals surface area contributed by atoms with Crippen molar-refractivity contribution in [3.8, 4) is 5.75 Å². The summed E-state index contributed by atoms with van der Waals surface area (Å²) in [6.45, 7) is -0.149. The first kappa shape index (κ1) is 15.3. The van der Waals surface area contributed by atoms with Gasteiger partial charge in [-0.15, -0.1) is 11.3 Å². The topological polar surface area (TPSA) is 89.7 Å². The number of fused-ring (bicyclic) bond motifs is 1. The van der Waals surface area contributed by atoms with Crippen LogP contribution in [-0.2, 0) is 14.8 Å². The summed E-state index contributed by atoms with van der Waals surface area (Å²) in [6, 6.07) is 9.83. The second-order valence-electron chi connectivity index (χ2n) is 4.57. The number of hydrogen-bond donors (Lipinski definition) is 1.